The lowest BCUT2D eigenvalue weighted by Gasteiger charge is -2.22. The lowest BCUT2D eigenvalue weighted by molar-refractivity contribution is -0.128. The summed E-state index contributed by atoms with van der Waals surface area (Å²) >= 11 is 0. The van der Waals surface area contributed by atoms with Gasteiger partial charge in [-0.3, -0.25) is 9.59 Å². The highest BCUT2D eigenvalue weighted by atomic mass is 16.2. The monoisotopic (exact) mass is 274 g/mol. The zero-order valence-corrected chi connectivity index (χ0v) is 12.2. The highest BCUT2D eigenvalue weighted by Gasteiger charge is 2.31. The van der Waals surface area contributed by atoms with E-state index in [1.165, 1.54) is 5.56 Å². The van der Waals surface area contributed by atoms with Crippen molar-refractivity contribution in [1.82, 2.24) is 5.32 Å². The number of carbonyl (C=O) groups excluding carboxylic acids is 2. The van der Waals surface area contributed by atoms with E-state index in [4.69, 9.17) is 0 Å². The van der Waals surface area contributed by atoms with Crippen molar-refractivity contribution in [2.24, 2.45) is 0 Å². The highest BCUT2D eigenvalue weighted by Crippen LogP contribution is 2.32. The lowest BCUT2D eigenvalue weighted by Crippen LogP contribution is -2.39. The third kappa shape index (κ3) is 3.18. The minimum Gasteiger partial charge on any atom is -0.356 e. The van der Waals surface area contributed by atoms with Crippen molar-refractivity contribution in [1.29, 1.82) is 0 Å². The Balaban J connectivity index is 1.97. The Morgan fingerprint density at radius 2 is 2.10 bits per heavy atom. The maximum absolute atomic E-state index is 12.3. The summed E-state index contributed by atoms with van der Waals surface area (Å²) in [6.07, 6.45) is 2.77. The van der Waals surface area contributed by atoms with Crippen LogP contribution in [-0.4, -0.2) is 24.4 Å². The van der Waals surface area contributed by atoms with E-state index in [0.29, 0.717) is 6.54 Å². The van der Waals surface area contributed by atoms with Gasteiger partial charge in [0.2, 0.25) is 11.8 Å². The average molecular weight is 274 g/mol. The van der Waals surface area contributed by atoms with Crippen LogP contribution >= 0.6 is 0 Å². The van der Waals surface area contributed by atoms with Crippen LogP contribution in [0.25, 0.3) is 0 Å². The van der Waals surface area contributed by atoms with Crippen molar-refractivity contribution in [2.45, 2.75) is 45.6 Å². The molecule has 1 N–H and O–H groups in total. The SMILES string of the molecule is CCCCNC(=O)CC(=O)N1c2ccccc2CC1C. The predicted molar refractivity (Wildman–Crippen MR) is 79.6 cm³/mol. The number of hydrogen-bond donors (Lipinski definition) is 1. The summed E-state index contributed by atoms with van der Waals surface area (Å²) in [7, 11) is 0. The zero-order valence-electron chi connectivity index (χ0n) is 12.2. The first-order valence-electron chi connectivity index (χ1n) is 7.30. The normalized spacial score (nSPS) is 16.9. The molecular weight excluding hydrogens is 252 g/mol. The summed E-state index contributed by atoms with van der Waals surface area (Å²) in [6, 6.07) is 8.03. The van der Waals surface area contributed by atoms with Gasteiger partial charge in [-0.15, -0.1) is 0 Å². The number of fused-ring (bicyclic) bond motifs is 1. The van der Waals surface area contributed by atoms with Crippen LogP contribution < -0.4 is 10.2 Å². The van der Waals surface area contributed by atoms with Crippen molar-refractivity contribution in [3.05, 3.63) is 29.8 Å². The molecular formula is C16H22N2O2. The largest absolute Gasteiger partial charge is 0.356 e. The molecule has 0 bridgehead atoms. The summed E-state index contributed by atoms with van der Waals surface area (Å²) in [5, 5.41) is 2.79. The van der Waals surface area contributed by atoms with Crippen molar-refractivity contribution < 1.29 is 9.59 Å². The molecule has 1 aliphatic rings. The number of rotatable bonds is 5. The minimum atomic E-state index is -0.181. The van der Waals surface area contributed by atoms with Gasteiger partial charge in [0.1, 0.15) is 6.42 Å². The first-order chi connectivity index (χ1) is 9.63. The van der Waals surface area contributed by atoms with E-state index in [-0.39, 0.29) is 24.3 Å². The van der Waals surface area contributed by atoms with E-state index in [1.54, 1.807) is 4.90 Å². The molecule has 0 saturated carbocycles. The number of hydrogen-bond acceptors (Lipinski definition) is 2. The van der Waals surface area contributed by atoms with Crippen LogP contribution in [0.5, 0.6) is 0 Å². The number of nitrogens with zero attached hydrogens (tertiary/aromatic N) is 1. The van der Waals surface area contributed by atoms with Gasteiger partial charge in [0.25, 0.3) is 0 Å². The van der Waals surface area contributed by atoms with E-state index in [9.17, 15) is 9.59 Å². The number of nitrogens with one attached hydrogen (secondary N) is 1. The number of amides is 2. The van der Waals surface area contributed by atoms with E-state index in [1.807, 2.05) is 31.2 Å². The molecule has 108 valence electrons. The Kier molecular flexibility index (Phi) is 4.77. The zero-order chi connectivity index (χ0) is 14.5. The second kappa shape index (κ2) is 6.55. The molecule has 0 aliphatic carbocycles. The van der Waals surface area contributed by atoms with E-state index in [2.05, 4.69) is 12.2 Å². The number of carbonyl (C=O) groups is 2. The fourth-order valence-corrected chi connectivity index (χ4v) is 2.64. The summed E-state index contributed by atoms with van der Waals surface area (Å²) in [6.45, 7) is 4.74. The second-order valence-electron chi connectivity index (χ2n) is 5.33. The van der Waals surface area contributed by atoms with Crippen molar-refractivity contribution in [2.75, 3.05) is 11.4 Å². The Bertz CT molecular complexity index is 499. The molecule has 4 heteroatoms. The van der Waals surface area contributed by atoms with Crippen LogP contribution in [0.4, 0.5) is 5.69 Å². The molecule has 0 spiro atoms. The van der Waals surface area contributed by atoms with Gasteiger partial charge in [0.15, 0.2) is 0 Å². The molecule has 1 aliphatic heterocycles. The average Bonchev–Trinajstić information content (AvgIpc) is 2.74. The summed E-state index contributed by atoms with van der Waals surface area (Å²) in [4.78, 5) is 25.8. The van der Waals surface area contributed by atoms with Crippen molar-refractivity contribution in [3.8, 4) is 0 Å². The van der Waals surface area contributed by atoms with Gasteiger partial charge in [-0.2, -0.15) is 0 Å². The highest BCUT2D eigenvalue weighted by molar-refractivity contribution is 6.06. The molecule has 2 rings (SSSR count). The molecule has 2 amide bonds. The first-order valence-corrected chi connectivity index (χ1v) is 7.30. The molecule has 0 radical (unpaired) electrons. The van der Waals surface area contributed by atoms with Crippen molar-refractivity contribution >= 4 is 17.5 Å². The van der Waals surface area contributed by atoms with Gasteiger partial charge in [-0.1, -0.05) is 31.5 Å². The summed E-state index contributed by atoms with van der Waals surface area (Å²) in [5.41, 5.74) is 2.13. The van der Waals surface area contributed by atoms with Gasteiger partial charge >= 0.3 is 0 Å². The fourth-order valence-electron chi connectivity index (χ4n) is 2.64. The number of anilines is 1. The second-order valence-corrected chi connectivity index (χ2v) is 5.33. The van der Waals surface area contributed by atoms with Crippen LogP contribution in [0.15, 0.2) is 24.3 Å². The Hall–Kier alpha value is -1.84. The molecule has 0 fully saturated rings. The minimum absolute atomic E-state index is 0.0671. The number of benzene rings is 1. The lowest BCUT2D eigenvalue weighted by atomic mass is 10.1. The van der Waals surface area contributed by atoms with Gasteiger partial charge in [0, 0.05) is 18.3 Å². The molecule has 4 nitrogen and oxygen atoms in total. The third-order valence-corrected chi connectivity index (χ3v) is 3.64. The van der Waals surface area contributed by atoms with Gasteiger partial charge in [-0.25, -0.2) is 0 Å². The van der Waals surface area contributed by atoms with Crippen LogP contribution in [0.3, 0.4) is 0 Å². The Morgan fingerprint density at radius 3 is 2.85 bits per heavy atom. The fraction of sp³-hybridized carbons (Fsp3) is 0.500. The Labute approximate surface area is 120 Å². The van der Waals surface area contributed by atoms with Crippen molar-refractivity contribution in [3.63, 3.8) is 0 Å². The quantitative estimate of drug-likeness (QED) is 0.661. The van der Waals surface area contributed by atoms with E-state index >= 15 is 0 Å². The van der Waals surface area contributed by atoms with E-state index < -0.39 is 0 Å². The molecule has 1 aromatic rings. The molecule has 1 atom stereocenters. The molecule has 1 unspecified atom stereocenters. The smallest absolute Gasteiger partial charge is 0.236 e. The van der Waals surface area contributed by atoms with Crippen LogP contribution in [-0.2, 0) is 16.0 Å². The predicted octanol–water partition coefficient (Wildman–Crippen LogP) is 2.27. The summed E-state index contributed by atoms with van der Waals surface area (Å²) in [5.74, 6) is -0.295. The van der Waals surface area contributed by atoms with Gasteiger partial charge in [-0.05, 0) is 31.4 Å². The topological polar surface area (TPSA) is 49.4 Å². The standard InChI is InChI=1S/C16H22N2O2/c1-3-4-9-17-15(19)11-16(20)18-12(2)10-13-7-5-6-8-14(13)18/h5-8,12H,3-4,9-11H2,1-2H3,(H,17,19). The van der Waals surface area contributed by atoms with Crippen LogP contribution in [0, 0.1) is 0 Å². The van der Waals surface area contributed by atoms with Crippen LogP contribution in [0.2, 0.25) is 0 Å². The van der Waals surface area contributed by atoms with Gasteiger partial charge < -0.3 is 10.2 Å². The van der Waals surface area contributed by atoms with Gasteiger partial charge in [0.05, 0.1) is 0 Å². The molecule has 1 heterocycles. The molecule has 20 heavy (non-hydrogen) atoms. The summed E-state index contributed by atoms with van der Waals surface area (Å²) < 4.78 is 0. The first kappa shape index (κ1) is 14.6. The van der Waals surface area contributed by atoms with Crippen LogP contribution in [0.1, 0.15) is 38.7 Å². The molecule has 0 aromatic heterocycles. The number of para-hydroxylation sites is 1. The maximum Gasteiger partial charge on any atom is 0.236 e. The maximum atomic E-state index is 12.3. The molecule has 1 aromatic carbocycles. The Morgan fingerprint density at radius 1 is 1.35 bits per heavy atom. The van der Waals surface area contributed by atoms with E-state index in [0.717, 1.165) is 24.9 Å². The molecule has 0 saturated heterocycles. The number of unbranched alkanes of at least 4 members (excludes halogenated alkanes) is 1. The third-order valence-electron chi connectivity index (χ3n) is 3.64.